The maximum atomic E-state index is 11.7. The number of esters is 2. The third kappa shape index (κ3) is 11.7. The summed E-state index contributed by atoms with van der Waals surface area (Å²) >= 11 is 0.806. The fourth-order valence-corrected chi connectivity index (χ4v) is 1.93. The van der Waals surface area contributed by atoms with Crippen molar-refractivity contribution in [2.24, 2.45) is 10.8 Å². The van der Waals surface area contributed by atoms with Crippen molar-refractivity contribution in [1.29, 1.82) is 0 Å². The highest BCUT2D eigenvalue weighted by Gasteiger charge is 2.27. The molecule has 2 atom stereocenters. The summed E-state index contributed by atoms with van der Waals surface area (Å²) in [5.74, 6) is -0.764. The molecule has 0 aromatic rings. The van der Waals surface area contributed by atoms with Crippen LogP contribution in [0, 0.1) is 10.8 Å². The number of thioether (sulfide) groups is 1. The van der Waals surface area contributed by atoms with Crippen molar-refractivity contribution in [1.82, 2.24) is 5.32 Å². The average molecular weight is 422 g/mol. The molecule has 0 aromatic carbocycles. The van der Waals surface area contributed by atoms with Crippen molar-refractivity contribution in [2.75, 3.05) is 12.3 Å². The standard InChI is InChI=1S/C18H31NO8S/c1-11(24-13(20)17(3,4)5)26-15(22)19-9-10-28-16(23)27-12(2)25-14(21)18(6,7)8/h11-12H,9-10H2,1-8H3,(H,19,22)/t11-,12-/m1/s1. The normalized spacial score (nSPS) is 13.7. The Bertz CT molecular complexity index is 515. The monoisotopic (exact) mass is 421 g/mol. The molecule has 0 saturated carbocycles. The van der Waals surface area contributed by atoms with Crippen LogP contribution in [-0.2, 0) is 28.5 Å². The summed E-state index contributed by atoms with van der Waals surface area (Å²) in [7, 11) is 0. The third-order valence-electron chi connectivity index (χ3n) is 2.90. The lowest BCUT2D eigenvalue weighted by molar-refractivity contribution is -0.175. The minimum atomic E-state index is -1.04. The third-order valence-corrected chi connectivity index (χ3v) is 3.64. The Morgan fingerprint density at radius 3 is 1.64 bits per heavy atom. The van der Waals surface area contributed by atoms with Gasteiger partial charge < -0.3 is 24.3 Å². The topological polar surface area (TPSA) is 117 Å². The van der Waals surface area contributed by atoms with E-state index in [1.54, 1.807) is 41.5 Å². The maximum Gasteiger partial charge on any atom is 0.410 e. The molecule has 0 radical (unpaired) electrons. The lowest BCUT2D eigenvalue weighted by Gasteiger charge is -2.21. The fourth-order valence-electron chi connectivity index (χ4n) is 1.35. The SMILES string of the molecule is C[C@@H](OC(=O)NCCSC(=O)O[C@H](C)OC(=O)C(C)(C)C)OC(=O)C(C)(C)C. The second kappa shape index (κ2) is 11.1. The van der Waals surface area contributed by atoms with E-state index in [1.165, 1.54) is 13.8 Å². The van der Waals surface area contributed by atoms with Crippen molar-refractivity contribution in [3.8, 4) is 0 Å². The Morgan fingerprint density at radius 2 is 1.21 bits per heavy atom. The zero-order valence-corrected chi connectivity index (χ0v) is 18.6. The van der Waals surface area contributed by atoms with Gasteiger partial charge in [-0.3, -0.25) is 9.59 Å². The summed E-state index contributed by atoms with van der Waals surface area (Å²) in [6.45, 7) is 13.1. The molecule has 0 aliphatic rings. The van der Waals surface area contributed by atoms with Gasteiger partial charge in [-0.15, -0.1) is 0 Å². The number of carbonyl (C=O) groups excluding carboxylic acids is 4. The van der Waals surface area contributed by atoms with Crippen LogP contribution in [0.15, 0.2) is 0 Å². The molecule has 0 heterocycles. The molecule has 1 N–H and O–H groups in total. The minimum Gasteiger partial charge on any atom is -0.425 e. The summed E-state index contributed by atoms with van der Waals surface area (Å²) < 4.78 is 19.8. The van der Waals surface area contributed by atoms with Crippen LogP contribution < -0.4 is 5.32 Å². The predicted octanol–water partition coefficient (Wildman–Crippen LogP) is 3.45. The first-order valence-electron chi connectivity index (χ1n) is 8.83. The Kier molecular flexibility index (Phi) is 10.4. The second-order valence-electron chi connectivity index (χ2n) is 7.99. The van der Waals surface area contributed by atoms with Crippen LogP contribution in [0.25, 0.3) is 0 Å². The molecule has 0 bridgehead atoms. The molecule has 1 amide bonds. The van der Waals surface area contributed by atoms with Crippen molar-refractivity contribution in [2.45, 2.75) is 68.0 Å². The molecule has 9 nitrogen and oxygen atoms in total. The molecule has 0 aliphatic heterocycles. The number of hydrogen-bond acceptors (Lipinski definition) is 9. The first-order chi connectivity index (χ1) is 12.6. The van der Waals surface area contributed by atoms with Crippen LogP contribution in [0.4, 0.5) is 9.59 Å². The zero-order valence-electron chi connectivity index (χ0n) is 17.7. The summed E-state index contributed by atoms with van der Waals surface area (Å²) in [6.07, 6.45) is -2.83. The molecular formula is C18H31NO8S. The first-order valence-corrected chi connectivity index (χ1v) is 9.81. The Morgan fingerprint density at radius 1 is 0.786 bits per heavy atom. The molecule has 0 rings (SSSR count). The fraction of sp³-hybridized carbons (Fsp3) is 0.778. The number of carbonyl (C=O) groups is 4. The van der Waals surface area contributed by atoms with Crippen LogP contribution in [-0.4, -0.2) is 48.2 Å². The average Bonchev–Trinajstić information content (AvgIpc) is 2.49. The number of ether oxygens (including phenoxy) is 4. The molecule has 0 aromatic heterocycles. The van der Waals surface area contributed by atoms with Gasteiger partial charge >= 0.3 is 23.3 Å². The van der Waals surface area contributed by atoms with Gasteiger partial charge in [-0.1, -0.05) is 0 Å². The van der Waals surface area contributed by atoms with E-state index in [4.69, 9.17) is 18.9 Å². The summed E-state index contributed by atoms with van der Waals surface area (Å²) in [4.78, 5) is 46.7. The van der Waals surface area contributed by atoms with E-state index >= 15 is 0 Å². The molecule has 0 aliphatic carbocycles. The molecule has 0 fully saturated rings. The molecule has 10 heteroatoms. The predicted molar refractivity (Wildman–Crippen MR) is 103 cm³/mol. The van der Waals surface area contributed by atoms with E-state index in [0.717, 1.165) is 11.8 Å². The molecule has 28 heavy (non-hydrogen) atoms. The Hall–Kier alpha value is -1.97. The van der Waals surface area contributed by atoms with Gasteiger partial charge in [-0.05, 0) is 53.3 Å². The van der Waals surface area contributed by atoms with Crippen LogP contribution >= 0.6 is 11.8 Å². The van der Waals surface area contributed by atoms with Gasteiger partial charge in [-0.25, -0.2) is 9.59 Å². The van der Waals surface area contributed by atoms with Crippen molar-refractivity contribution in [3.63, 3.8) is 0 Å². The van der Waals surface area contributed by atoms with E-state index in [2.05, 4.69) is 5.32 Å². The highest BCUT2D eigenvalue weighted by Crippen LogP contribution is 2.18. The number of rotatable bonds is 7. The van der Waals surface area contributed by atoms with E-state index < -0.39 is 46.7 Å². The summed E-state index contributed by atoms with van der Waals surface area (Å²) in [5, 5.41) is 1.78. The van der Waals surface area contributed by atoms with Crippen LogP contribution in [0.5, 0.6) is 0 Å². The highest BCUT2D eigenvalue weighted by atomic mass is 32.2. The minimum absolute atomic E-state index is 0.120. The van der Waals surface area contributed by atoms with Gasteiger partial charge in [-0.2, -0.15) is 0 Å². The first kappa shape index (κ1) is 26.0. The van der Waals surface area contributed by atoms with Gasteiger partial charge in [0.1, 0.15) is 0 Å². The zero-order chi connectivity index (χ0) is 22.1. The number of nitrogens with one attached hydrogen (secondary N) is 1. The smallest absolute Gasteiger partial charge is 0.410 e. The molecule has 0 spiro atoms. The van der Waals surface area contributed by atoms with Crippen molar-refractivity contribution >= 4 is 35.1 Å². The van der Waals surface area contributed by atoms with Crippen LogP contribution in [0.3, 0.4) is 0 Å². The van der Waals surface area contributed by atoms with Crippen LogP contribution in [0.1, 0.15) is 55.4 Å². The molecule has 0 unspecified atom stereocenters. The van der Waals surface area contributed by atoms with Gasteiger partial charge in [0.05, 0.1) is 10.8 Å². The van der Waals surface area contributed by atoms with E-state index in [1.807, 2.05) is 0 Å². The van der Waals surface area contributed by atoms with Gasteiger partial charge in [0.25, 0.3) is 0 Å². The van der Waals surface area contributed by atoms with Crippen LogP contribution in [0.2, 0.25) is 0 Å². The quantitative estimate of drug-likeness (QED) is 0.374. The van der Waals surface area contributed by atoms with Crippen molar-refractivity contribution < 1.29 is 38.1 Å². The lowest BCUT2D eigenvalue weighted by Crippen LogP contribution is -2.34. The van der Waals surface area contributed by atoms with Crippen molar-refractivity contribution in [3.05, 3.63) is 0 Å². The lowest BCUT2D eigenvalue weighted by atomic mass is 9.97. The Balaban J connectivity index is 4.03. The second-order valence-corrected chi connectivity index (χ2v) is 9.02. The highest BCUT2D eigenvalue weighted by molar-refractivity contribution is 8.13. The van der Waals surface area contributed by atoms with E-state index in [-0.39, 0.29) is 12.3 Å². The number of hydrogen-bond donors (Lipinski definition) is 1. The molecular weight excluding hydrogens is 390 g/mol. The molecule has 0 saturated heterocycles. The summed E-state index contributed by atoms with van der Waals surface area (Å²) in [5.41, 5.74) is -1.40. The largest absolute Gasteiger partial charge is 0.425 e. The maximum absolute atomic E-state index is 11.7. The van der Waals surface area contributed by atoms with E-state index in [0.29, 0.717) is 0 Å². The number of amides is 1. The summed E-state index contributed by atoms with van der Waals surface area (Å²) in [6, 6.07) is 0. The van der Waals surface area contributed by atoms with Gasteiger partial charge in [0, 0.05) is 26.1 Å². The molecule has 162 valence electrons. The van der Waals surface area contributed by atoms with Gasteiger partial charge in [0.2, 0.25) is 12.6 Å². The van der Waals surface area contributed by atoms with E-state index in [9.17, 15) is 19.2 Å². The van der Waals surface area contributed by atoms with Gasteiger partial charge in [0.15, 0.2) is 0 Å². The Labute approximate surface area is 170 Å². The number of alkyl carbamates (subject to hydrolysis) is 1.